The summed E-state index contributed by atoms with van der Waals surface area (Å²) in [6, 6.07) is 28.4. The summed E-state index contributed by atoms with van der Waals surface area (Å²) in [6.45, 7) is 20.1. The van der Waals surface area contributed by atoms with E-state index in [0.29, 0.717) is 50.2 Å². The van der Waals surface area contributed by atoms with Crippen molar-refractivity contribution in [3.8, 4) is 22.5 Å². The minimum Gasteiger partial charge on any atom is -0.464 e. The number of esters is 1. The summed E-state index contributed by atoms with van der Waals surface area (Å²) in [5.74, 6) is -2.29. The highest BCUT2D eigenvalue weighted by Crippen LogP contribution is 2.44. The van der Waals surface area contributed by atoms with Gasteiger partial charge >= 0.3 is 27.2 Å². The molecule has 6 rings (SSSR count). The zero-order valence-electron chi connectivity index (χ0n) is 41.7. The second kappa shape index (κ2) is 21.6. The maximum Gasteiger partial charge on any atom is 0.436 e. The fourth-order valence-electron chi connectivity index (χ4n) is 8.34. The molecule has 0 bridgehead atoms. The lowest BCUT2D eigenvalue weighted by Crippen LogP contribution is -2.53. The van der Waals surface area contributed by atoms with Gasteiger partial charge in [0.1, 0.15) is 18.0 Å². The Bertz CT molecular complexity index is 3110. The maximum absolute atomic E-state index is 15.9. The van der Waals surface area contributed by atoms with E-state index in [1.54, 1.807) is 50.2 Å². The van der Waals surface area contributed by atoms with Gasteiger partial charge in [-0.25, -0.2) is 21.8 Å². The average Bonchev–Trinajstić information content (AvgIpc) is 3.30. The van der Waals surface area contributed by atoms with E-state index in [1.165, 1.54) is 23.2 Å². The van der Waals surface area contributed by atoms with Gasteiger partial charge < -0.3 is 19.4 Å². The van der Waals surface area contributed by atoms with Crippen molar-refractivity contribution in [3.63, 3.8) is 0 Å². The third kappa shape index (κ3) is 11.1. The van der Waals surface area contributed by atoms with Gasteiger partial charge in [-0.3, -0.25) is 9.59 Å². The number of carbonyl (C=O) groups excluding carboxylic acids is 2. The molecule has 70 heavy (non-hydrogen) atoms. The van der Waals surface area contributed by atoms with Gasteiger partial charge in [-0.1, -0.05) is 128 Å². The number of carbonyl (C=O) groups is 2. The van der Waals surface area contributed by atoms with Crippen molar-refractivity contribution in [1.29, 1.82) is 0 Å². The Morgan fingerprint density at radius 3 is 1.89 bits per heavy atom. The van der Waals surface area contributed by atoms with Crippen LogP contribution in [0.25, 0.3) is 33.4 Å². The highest BCUT2D eigenvalue weighted by Gasteiger charge is 2.56. The topological polar surface area (TPSA) is 164 Å². The molecule has 1 heterocycles. The van der Waals surface area contributed by atoms with Crippen molar-refractivity contribution < 1.29 is 44.4 Å². The zero-order chi connectivity index (χ0) is 51.5. The van der Waals surface area contributed by atoms with E-state index in [2.05, 4.69) is 72.8 Å². The summed E-state index contributed by atoms with van der Waals surface area (Å²) in [5.41, 5.74) is 7.77. The lowest BCUT2D eigenvalue weighted by Gasteiger charge is -2.26. The van der Waals surface area contributed by atoms with Crippen LogP contribution in [0.1, 0.15) is 129 Å². The van der Waals surface area contributed by atoms with Crippen LogP contribution >= 0.6 is 0 Å². The molecule has 1 unspecified atom stereocenters. The fourth-order valence-corrected chi connectivity index (χ4v) is 11.4. The van der Waals surface area contributed by atoms with E-state index < -0.39 is 67.7 Å². The van der Waals surface area contributed by atoms with E-state index in [9.17, 15) is 26.4 Å². The Hall–Kier alpha value is -5.97. The van der Waals surface area contributed by atoms with Crippen molar-refractivity contribution in [2.24, 2.45) is 10.9 Å². The summed E-state index contributed by atoms with van der Waals surface area (Å²) >= 11 is 0. The van der Waals surface area contributed by atoms with E-state index in [1.807, 2.05) is 30.3 Å². The number of hydrogen-bond acceptors (Lipinski definition) is 10. The molecule has 1 amide bonds. The van der Waals surface area contributed by atoms with Crippen molar-refractivity contribution in [3.05, 3.63) is 125 Å². The standard InChI is InChI=1S/C54H64F2N4O8S2/c1-12-36(11)52(61)67-29-28-60(13-2)53(62)54(55,56)70(65,66)59-69(63,64)48-23-15-14-18-45(48)49-43-26-24-37(57-50-39(32(3)4)19-16-20-40(50)33(5)6)30-46(43)68-47-31-38(25-27-44(47)49)58-51-41(34(7)8)21-17-22-42(51)35(9)10/h14-27,30-36,57,59H,12-13,28-29H2,1-11H3/b58-38+. The summed E-state index contributed by atoms with van der Waals surface area (Å²) in [5, 5.41) is -0.656. The van der Waals surface area contributed by atoms with Gasteiger partial charge in [0.15, 0.2) is 0 Å². The first-order chi connectivity index (χ1) is 32.9. The summed E-state index contributed by atoms with van der Waals surface area (Å²) in [7, 11) is -11.7. The molecule has 16 heteroatoms. The number of nitrogens with zero attached hydrogens (tertiary/aromatic N) is 2. The Morgan fingerprint density at radius 2 is 1.31 bits per heavy atom. The SMILES string of the molecule is CCC(C)C(=O)OCCN(CC)C(=O)C(F)(F)S(=O)(=O)NS(=O)(=O)c1ccccc1-c1c2cc/c(=N\c3c(C(C)C)cccc3C(C)C)cc-2oc2cc(Nc3c(C(C)C)cccc3C(C)C)ccc12. The molecule has 0 aromatic heterocycles. The predicted molar refractivity (Wildman–Crippen MR) is 273 cm³/mol. The zero-order valence-corrected chi connectivity index (χ0v) is 43.3. The number of rotatable bonds is 19. The first-order valence-electron chi connectivity index (χ1n) is 23.7. The quantitative estimate of drug-likeness (QED) is 0.0593. The molecule has 4 aromatic carbocycles. The molecule has 0 spiro atoms. The molecule has 1 aliphatic heterocycles. The van der Waals surface area contributed by atoms with Gasteiger partial charge in [-0.15, -0.1) is 0 Å². The van der Waals surface area contributed by atoms with E-state index >= 15 is 8.78 Å². The number of sulfonamides is 2. The number of hydrogen-bond donors (Lipinski definition) is 2. The summed E-state index contributed by atoms with van der Waals surface area (Å²) in [6.07, 6.45) is 0.455. The number of halogens is 2. The third-order valence-electron chi connectivity index (χ3n) is 12.5. The van der Waals surface area contributed by atoms with Gasteiger partial charge in [0, 0.05) is 52.1 Å². The van der Waals surface area contributed by atoms with Gasteiger partial charge in [-0.2, -0.15) is 8.78 Å². The number of fused-ring (bicyclic) bond motifs is 2. The van der Waals surface area contributed by atoms with Crippen molar-refractivity contribution in [2.75, 3.05) is 25.0 Å². The van der Waals surface area contributed by atoms with Crippen LogP contribution in [0, 0.1) is 5.92 Å². The first kappa shape index (κ1) is 53.4. The number of amides is 1. The highest BCUT2D eigenvalue weighted by atomic mass is 32.3. The van der Waals surface area contributed by atoms with Gasteiger partial charge in [0.05, 0.1) is 28.4 Å². The minimum absolute atomic E-state index is 0.0335. The monoisotopic (exact) mass is 998 g/mol. The van der Waals surface area contributed by atoms with Crippen LogP contribution in [-0.4, -0.2) is 58.6 Å². The fraction of sp³-hybridized carbons (Fsp3) is 0.389. The summed E-state index contributed by atoms with van der Waals surface area (Å²) in [4.78, 5) is 30.4. The van der Waals surface area contributed by atoms with Crippen molar-refractivity contribution in [1.82, 2.24) is 9.03 Å². The van der Waals surface area contributed by atoms with Crippen LogP contribution in [0.3, 0.4) is 0 Å². The maximum atomic E-state index is 15.9. The van der Waals surface area contributed by atoms with E-state index in [4.69, 9.17) is 14.1 Å². The number of ether oxygens (including phenoxy) is 1. The predicted octanol–water partition coefficient (Wildman–Crippen LogP) is 12.3. The molecule has 2 aliphatic rings. The number of anilines is 2. The lowest BCUT2D eigenvalue weighted by molar-refractivity contribution is -0.153. The molecular weight excluding hydrogens is 935 g/mol. The van der Waals surface area contributed by atoms with Gasteiger partial charge in [-0.05, 0) is 89.6 Å². The third-order valence-corrected chi connectivity index (χ3v) is 16.0. The molecule has 12 nitrogen and oxygen atoms in total. The largest absolute Gasteiger partial charge is 0.464 e. The number of para-hydroxylation sites is 2. The van der Waals surface area contributed by atoms with Gasteiger partial charge in [0.25, 0.3) is 10.0 Å². The molecule has 2 N–H and O–H groups in total. The first-order valence-corrected chi connectivity index (χ1v) is 26.7. The molecule has 1 aliphatic carbocycles. The van der Waals surface area contributed by atoms with E-state index in [-0.39, 0.29) is 29.2 Å². The van der Waals surface area contributed by atoms with Crippen LogP contribution < -0.4 is 14.8 Å². The van der Waals surface area contributed by atoms with Crippen LogP contribution in [0.4, 0.5) is 25.8 Å². The van der Waals surface area contributed by atoms with Crippen LogP contribution in [-0.2, 0) is 34.4 Å². The summed E-state index contributed by atoms with van der Waals surface area (Å²) < 4.78 is 101. The Labute approximate surface area is 411 Å². The van der Waals surface area contributed by atoms with Crippen molar-refractivity contribution in [2.45, 2.75) is 116 Å². The Kier molecular flexibility index (Phi) is 16.5. The van der Waals surface area contributed by atoms with Crippen LogP contribution in [0.15, 0.2) is 111 Å². The molecule has 0 fully saturated rings. The minimum atomic E-state index is -6.28. The highest BCUT2D eigenvalue weighted by molar-refractivity contribution is 8.05. The molecular formula is C54H64F2N4O8S2. The van der Waals surface area contributed by atoms with Crippen molar-refractivity contribution >= 4 is 60.0 Å². The number of nitrogens with one attached hydrogen (secondary N) is 2. The van der Waals surface area contributed by atoms with E-state index in [0.717, 1.165) is 39.7 Å². The molecule has 0 radical (unpaired) electrons. The Balaban J connectivity index is 1.52. The second-order valence-electron chi connectivity index (χ2n) is 18.8. The molecule has 0 saturated heterocycles. The number of likely N-dealkylation sites (N-methyl/N-ethyl adjacent to an activating group) is 1. The number of benzene rings is 5. The molecule has 4 aromatic rings. The second-order valence-corrected chi connectivity index (χ2v) is 22.4. The van der Waals surface area contributed by atoms with Crippen LogP contribution in [0.2, 0.25) is 0 Å². The molecule has 374 valence electrons. The Morgan fingerprint density at radius 1 is 0.729 bits per heavy atom. The normalized spacial score (nSPS) is 13.2. The number of alkyl halides is 2. The smallest absolute Gasteiger partial charge is 0.436 e. The lowest BCUT2D eigenvalue weighted by atomic mass is 9.92. The van der Waals surface area contributed by atoms with Gasteiger partial charge in [0.2, 0.25) is 0 Å². The molecule has 0 saturated carbocycles. The average molecular weight is 999 g/mol. The van der Waals surface area contributed by atoms with Crippen LogP contribution in [0.5, 0.6) is 0 Å². The molecule has 1 atom stereocenters.